The molecular formula is C20H20N14O6. The van der Waals surface area contributed by atoms with Crippen molar-refractivity contribution in [2.45, 2.75) is 26.9 Å². The van der Waals surface area contributed by atoms with E-state index in [1.165, 1.54) is 18.7 Å². The molecule has 5 aromatic heterocycles. The van der Waals surface area contributed by atoms with Crippen LogP contribution < -0.4 is 17.2 Å². The Bertz CT molecular complexity index is 1750. The molecule has 0 unspecified atom stereocenters. The maximum absolute atomic E-state index is 12.1. The summed E-state index contributed by atoms with van der Waals surface area (Å²) in [5.74, 6) is -0.366. The highest BCUT2D eigenvalue weighted by Gasteiger charge is 2.16. The number of isocyanates is 1. The molecule has 20 heteroatoms. The van der Waals surface area contributed by atoms with Gasteiger partial charge < -0.3 is 25.5 Å². The third-order valence-electron chi connectivity index (χ3n) is 4.58. The number of hydrogen-bond acceptors (Lipinski definition) is 15. The van der Waals surface area contributed by atoms with E-state index in [0.717, 1.165) is 14.8 Å². The van der Waals surface area contributed by atoms with Crippen LogP contribution in [0.3, 0.4) is 0 Å². The number of hydrogen-bond donors (Lipinski definition) is 4. The molecule has 0 radical (unpaired) electrons. The van der Waals surface area contributed by atoms with Gasteiger partial charge >= 0.3 is 5.69 Å². The van der Waals surface area contributed by atoms with E-state index in [1.54, 1.807) is 26.0 Å². The number of aliphatic imine (C=N–C) groups is 1. The SMILES string of the molecule is Cc1cc(CN=C=O)on1.Cc1cc(Cn2nnc3c(C(N)=O)ncn3c2=O)on1.N=Nc1nc[nH]c1C(N)=O. The largest absolute Gasteiger partial charge is 0.364 e. The lowest BCUT2D eigenvalue weighted by molar-refractivity contribution is 0.0988. The van der Waals surface area contributed by atoms with Crippen LogP contribution in [0.2, 0.25) is 0 Å². The number of fused-ring (bicyclic) bond motifs is 1. The second-order valence-electron chi connectivity index (χ2n) is 7.53. The number of primary amides is 2. The molecule has 0 bridgehead atoms. The standard InChI is InChI=1S/C10H9N7O3.C6H6N2O2.C4H5N5O/c1-5-2-6(20-14-5)3-17-10(19)16-4-12-7(8(11)18)9(16)13-15-17;1-5-2-6(10-8-5)3-7-4-9;5-3(10)2-4(9-6)8-1-7-2/h2,4H,3H2,1H3,(H2,11,18);2H,3H2,1H3;1,6H,(H2,5,10)(H,7,8). The predicted octanol–water partition coefficient (Wildman–Crippen LogP) is -0.280. The first-order valence-corrected chi connectivity index (χ1v) is 10.8. The quantitative estimate of drug-likeness (QED) is 0.115. The van der Waals surface area contributed by atoms with Gasteiger partial charge in [-0.1, -0.05) is 15.5 Å². The van der Waals surface area contributed by atoms with Gasteiger partial charge in [-0.3, -0.25) is 9.59 Å². The van der Waals surface area contributed by atoms with Crippen LogP contribution in [0.1, 0.15) is 43.9 Å². The van der Waals surface area contributed by atoms with Crippen molar-refractivity contribution in [2.75, 3.05) is 0 Å². The second kappa shape index (κ2) is 12.9. The van der Waals surface area contributed by atoms with Crippen molar-refractivity contribution in [3.05, 3.63) is 69.6 Å². The van der Waals surface area contributed by atoms with Gasteiger partial charge in [0, 0.05) is 12.1 Å². The monoisotopic (exact) mass is 552 g/mol. The molecule has 0 atom stereocenters. The van der Waals surface area contributed by atoms with Gasteiger partial charge in [0.05, 0.1) is 17.7 Å². The Balaban J connectivity index is 0.000000185. The summed E-state index contributed by atoms with van der Waals surface area (Å²) in [5, 5.41) is 17.8. The minimum Gasteiger partial charge on any atom is -0.364 e. The number of H-pyrrole nitrogens is 1. The number of imidazole rings is 2. The van der Waals surface area contributed by atoms with Crippen LogP contribution in [0.25, 0.3) is 5.65 Å². The highest BCUT2D eigenvalue weighted by Crippen LogP contribution is 2.10. The van der Waals surface area contributed by atoms with Crippen LogP contribution >= 0.6 is 0 Å². The predicted molar refractivity (Wildman–Crippen MR) is 129 cm³/mol. The van der Waals surface area contributed by atoms with Crippen LogP contribution in [0.4, 0.5) is 5.82 Å². The van der Waals surface area contributed by atoms with E-state index in [2.05, 4.69) is 45.7 Å². The normalized spacial score (nSPS) is 10.1. The minimum absolute atomic E-state index is 0.0208. The van der Waals surface area contributed by atoms with Crippen molar-refractivity contribution >= 4 is 29.4 Å². The molecule has 0 saturated carbocycles. The minimum atomic E-state index is -0.773. The smallest absolute Gasteiger partial charge is 0.353 e. The van der Waals surface area contributed by atoms with Crippen LogP contribution in [0.5, 0.6) is 0 Å². The van der Waals surface area contributed by atoms with Gasteiger partial charge in [0.1, 0.15) is 19.4 Å². The van der Waals surface area contributed by atoms with Gasteiger partial charge in [-0.25, -0.2) is 29.5 Å². The molecule has 0 aliphatic rings. The first-order chi connectivity index (χ1) is 19.1. The maximum Gasteiger partial charge on any atom is 0.353 e. The molecule has 0 aromatic carbocycles. The van der Waals surface area contributed by atoms with Crippen molar-refractivity contribution in [1.29, 1.82) is 5.53 Å². The van der Waals surface area contributed by atoms with E-state index < -0.39 is 17.5 Å². The van der Waals surface area contributed by atoms with E-state index >= 15 is 0 Å². The summed E-state index contributed by atoms with van der Waals surface area (Å²) in [4.78, 5) is 56.4. The Morgan fingerprint density at radius 2 is 1.77 bits per heavy atom. The van der Waals surface area contributed by atoms with Gasteiger partial charge in [0.2, 0.25) is 11.9 Å². The van der Waals surface area contributed by atoms with Gasteiger partial charge in [-0.15, -0.1) is 10.2 Å². The molecule has 0 saturated heterocycles. The molecular weight excluding hydrogens is 532 g/mol. The fourth-order valence-electron chi connectivity index (χ4n) is 2.90. The maximum atomic E-state index is 12.1. The number of aromatic nitrogens is 9. The Morgan fingerprint density at radius 3 is 2.30 bits per heavy atom. The molecule has 5 aromatic rings. The lowest BCUT2D eigenvalue weighted by atomic mass is 10.4. The van der Waals surface area contributed by atoms with Gasteiger partial charge in [0.15, 0.2) is 28.6 Å². The molecule has 0 aliphatic heterocycles. The molecule has 0 spiro atoms. The van der Waals surface area contributed by atoms with E-state index in [0.29, 0.717) is 17.2 Å². The number of nitrogens with zero attached hydrogens (tertiary/aromatic N) is 10. The number of nitrogens with one attached hydrogen (secondary N) is 2. The van der Waals surface area contributed by atoms with Crippen LogP contribution in [0.15, 0.2) is 48.7 Å². The van der Waals surface area contributed by atoms with Crippen LogP contribution in [-0.4, -0.2) is 62.6 Å². The summed E-state index contributed by atoms with van der Waals surface area (Å²) in [6.07, 6.45) is 3.85. The Labute approximate surface area is 221 Å². The van der Waals surface area contributed by atoms with Crippen LogP contribution in [0, 0.1) is 19.4 Å². The van der Waals surface area contributed by atoms with E-state index in [-0.39, 0.29) is 35.9 Å². The lowest BCUT2D eigenvalue weighted by Gasteiger charge is -2.00. The average Bonchev–Trinajstić information content (AvgIpc) is 3.72. The van der Waals surface area contributed by atoms with Crippen molar-refractivity contribution in [3.8, 4) is 0 Å². The van der Waals surface area contributed by atoms with Gasteiger partial charge in [-0.05, 0) is 13.8 Å². The molecule has 0 fully saturated rings. The number of carbonyl (C=O) groups excluding carboxylic acids is 3. The Hall–Kier alpha value is -6.17. The van der Waals surface area contributed by atoms with Gasteiger partial charge in [0.25, 0.3) is 11.8 Å². The summed E-state index contributed by atoms with van der Waals surface area (Å²) in [6.45, 7) is 3.87. The number of amides is 2. The number of aromatic amines is 1. The van der Waals surface area contributed by atoms with E-state index in [9.17, 15) is 19.2 Å². The van der Waals surface area contributed by atoms with Crippen LogP contribution in [-0.2, 0) is 17.9 Å². The van der Waals surface area contributed by atoms with Crippen molar-refractivity contribution < 1.29 is 23.4 Å². The number of aryl methyl sites for hydroxylation is 2. The Morgan fingerprint density at radius 1 is 1.10 bits per heavy atom. The second-order valence-corrected chi connectivity index (χ2v) is 7.53. The lowest BCUT2D eigenvalue weighted by Crippen LogP contribution is -2.30. The molecule has 5 rings (SSSR count). The number of rotatable bonds is 7. The summed E-state index contributed by atoms with van der Waals surface area (Å²) in [6, 6.07) is 3.40. The molecule has 2 amide bonds. The topological polar surface area (TPSA) is 298 Å². The fraction of sp³-hybridized carbons (Fsp3) is 0.200. The van der Waals surface area contributed by atoms with Crippen molar-refractivity contribution in [2.24, 2.45) is 21.6 Å². The summed E-state index contributed by atoms with van der Waals surface area (Å²) in [5.41, 5.74) is 17.5. The van der Waals surface area contributed by atoms with Crippen molar-refractivity contribution in [3.63, 3.8) is 0 Å². The molecule has 5 heterocycles. The third kappa shape index (κ3) is 6.98. The summed E-state index contributed by atoms with van der Waals surface area (Å²) < 4.78 is 11.9. The van der Waals surface area contributed by atoms with E-state index in [4.69, 9.17) is 26.0 Å². The first-order valence-electron chi connectivity index (χ1n) is 10.8. The highest BCUT2D eigenvalue weighted by molar-refractivity contribution is 5.96. The first kappa shape index (κ1) is 28.4. The molecule has 0 aliphatic carbocycles. The molecule has 6 N–H and O–H groups in total. The zero-order chi connectivity index (χ0) is 29.2. The Kier molecular flexibility index (Phi) is 9.14. The summed E-state index contributed by atoms with van der Waals surface area (Å²) >= 11 is 0. The highest BCUT2D eigenvalue weighted by atomic mass is 16.5. The third-order valence-corrected chi connectivity index (χ3v) is 4.58. The summed E-state index contributed by atoms with van der Waals surface area (Å²) in [7, 11) is 0. The fourth-order valence-corrected chi connectivity index (χ4v) is 2.90. The number of carbonyl (C=O) groups is 2. The molecule has 40 heavy (non-hydrogen) atoms. The van der Waals surface area contributed by atoms with Gasteiger partial charge in [-0.2, -0.15) is 9.67 Å². The average molecular weight is 552 g/mol. The van der Waals surface area contributed by atoms with Crippen molar-refractivity contribution in [1.82, 2.24) is 44.7 Å². The van der Waals surface area contributed by atoms with E-state index in [1.807, 2.05) is 0 Å². The zero-order valence-electron chi connectivity index (χ0n) is 20.8. The molecule has 206 valence electrons. The zero-order valence-corrected chi connectivity index (χ0v) is 20.8. The number of nitrogens with two attached hydrogens (primary N) is 2. The molecule has 20 nitrogen and oxygen atoms in total.